The second-order valence-corrected chi connectivity index (χ2v) is 6.85. The third kappa shape index (κ3) is 4.49. The van der Waals surface area contributed by atoms with Crippen molar-refractivity contribution in [2.24, 2.45) is 0 Å². The Labute approximate surface area is 172 Å². The number of carbonyl (C=O) groups is 3. The van der Waals surface area contributed by atoms with Gasteiger partial charge in [0.1, 0.15) is 11.3 Å². The van der Waals surface area contributed by atoms with Crippen LogP contribution in [0, 0.1) is 6.92 Å². The van der Waals surface area contributed by atoms with E-state index in [2.05, 4.69) is 5.32 Å². The lowest BCUT2D eigenvalue weighted by atomic mass is 10.1. The Hall–Kier alpha value is -3.52. The lowest BCUT2D eigenvalue weighted by Gasteiger charge is -2.29. The zero-order valence-electron chi connectivity index (χ0n) is 15.7. The minimum Gasteiger partial charge on any atom is -0.479 e. The quantitative estimate of drug-likeness (QED) is 0.447. The normalized spacial score (nSPS) is 16.6. The molecule has 29 heavy (non-hydrogen) atoms. The number of nitrogens with zero attached hydrogens (tertiary/aromatic N) is 1. The fraction of sp³-hybridized carbons (Fsp3) is 0.143. The van der Waals surface area contributed by atoms with Gasteiger partial charge >= 0.3 is 5.97 Å². The summed E-state index contributed by atoms with van der Waals surface area (Å²) in [6.45, 7) is 3.32. The SMILES string of the molecule is Cc1cccc(N2C(=O)/C(=C\c3ccc(O[C@H](C)C(=O)O)cc3)C(=O)NC2=S)c1. The minimum absolute atomic E-state index is 0.0224. The molecule has 2 aromatic carbocycles. The van der Waals surface area contributed by atoms with Gasteiger partial charge in [-0.3, -0.25) is 19.8 Å². The molecule has 2 aromatic rings. The molecule has 0 spiro atoms. The second-order valence-electron chi connectivity index (χ2n) is 6.46. The highest BCUT2D eigenvalue weighted by Gasteiger charge is 2.34. The smallest absolute Gasteiger partial charge is 0.344 e. The van der Waals surface area contributed by atoms with Crippen LogP contribution in [0.1, 0.15) is 18.1 Å². The van der Waals surface area contributed by atoms with Gasteiger partial charge in [0, 0.05) is 0 Å². The van der Waals surface area contributed by atoms with Crippen LogP contribution in [0.3, 0.4) is 0 Å². The number of nitrogens with one attached hydrogen (secondary N) is 1. The molecule has 1 saturated heterocycles. The molecule has 1 aliphatic heterocycles. The number of anilines is 1. The third-order valence-electron chi connectivity index (χ3n) is 4.21. The molecule has 2 N–H and O–H groups in total. The van der Waals surface area contributed by atoms with Gasteiger partial charge in [0.05, 0.1) is 5.69 Å². The number of hydrogen-bond acceptors (Lipinski definition) is 5. The molecule has 0 bridgehead atoms. The zero-order chi connectivity index (χ0) is 21.1. The van der Waals surface area contributed by atoms with Crippen molar-refractivity contribution in [1.29, 1.82) is 0 Å². The predicted molar refractivity (Wildman–Crippen MR) is 112 cm³/mol. The van der Waals surface area contributed by atoms with Crippen LogP contribution in [-0.4, -0.2) is 34.1 Å². The van der Waals surface area contributed by atoms with Gasteiger partial charge in [-0.1, -0.05) is 24.3 Å². The number of rotatable bonds is 5. The first-order chi connectivity index (χ1) is 13.8. The molecule has 3 rings (SSSR count). The Kier molecular flexibility index (Phi) is 5.74. The summed E-state index contributed by atoms with van der Waals surface area (Å²) in [6, 6.07) is 13.6. The molecule has 1 heterocycles. The van der Waals surface area contributed by atoms with E-state index in [4.69, 9.17) is 22.1 Å². The maximum atomic E-state index is 13.0. The average molecular weight is 410 g/mol. The second kappa shape index (κ2) is 8.24. The molecule has 1 aliphatic rings. The number of ether oxygens (including phenoxy) is 1. The van der Waals surface area contributed by atoms with Crippen LogP contribution in [0.15, 0.2) is 54.1 Å². The summed E-state index contributed by atoms with van der Waals surface area (Å²) in [7, 11) is 0. The van der Waals surface area contributed by atoms with E-state index in [1.165, 1.54) is 17.9 Å². The van der Waals surface area contributed by atoms with Crippen molar-refractivity contribution >= 4 is 46.9 Å². The van der Waals surface area contributed by atoms with E-state index in [0.717, 1.165) is 5.56 Å². The number of thiocarbonyl (C=S) groups is 1. The molecule has 0 saturated carbocycles. The highest BCUT2D eigenvalue weighted by molar-refractivity contribution is 7.80. The summed E-state index contributed by atoms with van der Waals surface area (Å²) in [4.78, 5) is 37.5. The molecule has 8 heteroatoms. The van der Waals surface area contributed by atoms with Crippen molar-refractivity contribution in [1.82, 2.24) is 5.32 Å². The minimum atomic E-state index is -1.08. The van der Waals surface area contributed by atoms with Gasteiger partial charge < -0.3 is 9.84 Å². The fourth-order valence-electron chi connectivity index (χ4n) is 2.72. The first kappa shape index (κ1) is 20.2. The summed E-state index contributed by atoms with van der Waals surface area (Å²) in [6.07, 6.45) is 0.459. The number of carboxylic acid groups (broad SMARTS) is 1. The van der Waals surface area contributed by atoms with E-state index in [-0.39, 0.29) is 10.7 Å². The van der Waals surface area contributed by atoms with Crippen molar-refractivity contribution in [3.8, 4) is 5.75 Å². The topological polar surface area (TPSA) is 95.9 Å². The largest absolute Gasteiger partial charge is 0.479 e. The number of aryl methyl sites for hydroxylation is 1. The third-order valence-corrected chi connectivity index (χ3v) is 4.50. The van der Waals surface area contributed by atoms with Crippen molar-refractivity contribution < 1.29 is 24.2 Å². The summed E-state index contributed by atoms with van der Waals surface area (Å²) < 4.78 is 5.27. The molecular weight excluding hydrogens is 392 g/mol. The number of hydrogen-bond donors (Lipinski definition) is 2. The Bertz CT molecular complexity index is 1030. The Morgan fingerprint density at radius 2 is 1.90 bits per heavy atom. The van der Waals surface area contributed by atoms with Crippen LogP contribution in [0.2, 0.25) is 0 Å². The highest BCUT2D eigenvalue weighted by Crippen LogP contribution is 2.23. The van der Waals surface area contributed by atoms with Gasteiger partial charge in [-0.15, -0.1) is 0 Å². The van der Waals surface area contributed by atoms with Crippen LogP contribution >= 0.6 is 12.2 Å². The molecule has 148 valence electrons. The van der Waals surface area contributed by atoms with Crippen LogP contribution < -0.4 is 15.0 Å². The van der Waals surface area contributed by atoms with Crippen LogP contribution in [0.5, 0.6) is 5.75 Å². The standard InChI is InChI=1S/C21H18N2O5S/c1-12-4-3-5-15(10-12)23-19(25)17(18(24)22-21(23)29)11-14-6-8-16(9-7-14)28-13(2)20(26)27/h3-11,13H,1-2H3,(H,26,27)(H,22,24,29)/b17-11-/t13-/m1/s1. The summed E-state index contributed by atoms with van der Waals surface area (Å²) >= 11 is 5.18. The van der Waals surface area contributed by atoms with E-state index in [0.29, 0.717) is 17.0 Å². The van der Waals surface area contributed by atoms with Gasteiger partial charge in [-0.05, 0) is 67.5 Å². The lowest BCUT2D eigenvalue weighted by molar-refractivity contribution is -0.144. The Morgan fingerprint density at radius 3 is 2.52 bits per heavy atom. The first-order valence-electron chi connectivity index (χ1n) is 8.74. The molecule has 0 aliphatic carbocycles. The van der Waals surface area contributed by atoms with E-state index < -0.39 is 23.9 Å². The maximum absolute atomic E-state index is 13.0. The van der Waals surface area contributed by atoms with E-state index in [1.54, 1.807) is 42.5 Å². The lowest BCUT2D eigenvalue weighted by Crippen LogP contribution is -2.54. The Morgan fingerprint density at radius 1 is 1.21 bits per heavy atom. The molecule has 0 radical (unpaired) electrons. The van der Waals surface area contributed by atoms with Gasteiger partial charge in [-0.2, -0.15) is 0 Å². The number of amides is 2. The van der Waals surface area contributed by atoms with Crippen LogP contribution in [-0.2, 0) is 14.4 Å². The highest BCUT2D eigenvalue weighted by atomic mass is 32.1. The van der Waals surface area contributed by atoms with Crippen LogP contribution in [0.25, 0.3) is 6.08 Å². The summed E-state index contributed by atoms with van der Waals surface area (Å²) in [5.74, 6) is -1.81. The monoisotopic (exact) mass is 410 g/mol. The van der Waals surface area contributed by atoms with Crippen LogP contribution in [0.4, 0.5) is 5.69 Å². The first-order valence-corrected chi connectivity index (χ1v) is 9.15. The molecule has 0 unspecified atom stereocenters. The summed E-state index contributed by atoms with van der Waals surface area (Å²) in [5.41, 5.74) is 2.03. The van der Waals surface area contributed by atoms with Gasteiger partial charge in [-0.25, -0.2) is 4.79 Å². The maximum Gasteiger partial charge on any atom is 0.344 e. The number of carbonyl (C=O) groups excluding carboxylic acids is 2. The molecule has 1 fully saturated rings. The average Bonchev–Trinajstić information content (AvgIpc) is 2.66. The van der Waals surface area contributed by atoms with E-state index >= 15 is 0 Å². The number of aliphatic carboxylic acids is 1. The van der Waals surface area contributed by atoms with E-state index in [1.807, 2.05) is 13.0 Å². The molecule has 1 atom stereocenters. The number of benzene rings is 2. The molecular formula is C21H18N2O5S. The van der Waals surface area contributed by atoms with Crippen molar-refractivity contribution in [3.63, 3.8) is 0 Å². The Balaban J connectivity index is 1.87. The van der Waals surface area contributed by atoms with Gasteiger partial charge in [0.2, 0.25) is 0 Å². The van der Waals surface area contributed by atoms with E-state index in [9.17, 15) is 14.4 Å². The summed E-state index contributed by atoms with van der Waals surface area (Å²) in [5, 5.41) is 11.5. The van der Waals surface area contributed by atoms with Gasteiger partial charge in [0.15, 0.2) is 11.2 Å². The fourth-order valence-corrected chi connectivity index (χ4v) is 3.00. The van der Waals surface area contributed by atoms with Gasteiger partial charge in [0.25, 0.3) is 11.8 Å². The molecule has 0 aromatic heterocycles. The van der Waals surface area contributed by atoms with Crippen molar-refractivity contribution in [3.05, 3.63) is 65.2 Å². The number of carboxylic acids is 1. The predicted octanol–water partition coefficient (Wildman–Crippen LogP) is 2.68. The molecule has 2 amide bonds. The molecule has 7 nitrogen and oxygen atoms in total. The van der Waals surface area contributed by atoms with Crippen molar-refractivity contribution in [2.75, 3.05) is 4.90 Å². The zero-order valence-corrected chi connectivity index (χ0v) is 16.5. The van der Waals surface area contributed by atoms with Crippen molar-refractivity contribution in [2.45, 2.75) is 20.0 Å².